The van der Waals surface area contributed by atoms with Crippen LogP contribution < -0.4 is 0 Å². The van der Waals surface area contributed by atoms with Gasteiger partial charge >= 0.3 is 5.97 Å². The minimum atomic E-state index is -2.14. The lowest BCUT2D eigenvalue weighted by Crippen LogP contribution is -2.07. The molecule has 1 heterocycles. The Morgan fingerprint density at radius 3 is 2.42 bits per heavy atom. The van der Waals surface area contributed by atoms with Crippen LogP contribution in [0, 0.1) is 0 Å². The molecule has 6 heteroatoms. The largest absolute Gasteiger partial charge is 0.477 e. The minimum absolute atomic E-state index is 0.00704. The molecule has 0 saturated carbocycles. The van der Waals surface area contributed by atoms with Crippen LogP contribution in [0.25, 0.3) is 0 Å². The lowest BCUT2D eigenvalue weighted by atomic mass is 10.4. The fourth-order valence-corrected chi connectivity index (χ4v) is 1.40. The first kappa shape index (κ1) is 8.95. The number of hydrogen-bond donors (Lipinski definition) is 2. The SMILES string of the molecule is Cn1c(C(=O)O)ccc1S(=O)O. The lowest BCUT2D eigenvalue weighted by molar-refractivity contribution is 0.0685. The average Bonchev–Trinajstić information content (AvgIpc) is 2.30. The quantitative estimate of drug-likeness (QED) is 0.656. The van der Waals surface area contributed by atoms with Crippen LogP contribution >= 0.6 is 0 Å². The van der Waals surface area contributed by atoms with Gasteiger partial charge in [0.25, 0.3) is 0 Å². The van der Waals surface area contributed by atoms with E-state index in [0.717, 1.165) is 0 Å². The van der Waals surface area contributed by atoms with E-state index in [9.17, 15) is 9.00 Å². The van der Waals surface area contributed by atoms with Crippen LogP contribution in [0.5, 0.6) is 0 Å². The molecular weight excluding hydrogens is 182 g/mol. The molecule has 0 aliphatic carbocycles. The molecule has 2 N–H and O–H groups in total. The number of rotatable bonds is 2. The first-order chi connectivity index (χ1) is 5.54. The van der Waals surface area contributed by atoms with Crippen LogP contribution in [-0.4, -0.2) is 24.4 Å². The number of carboxylic acid groups (broad SMARTS) is 1. The molecule has 1 aromatic rings. The number of aromatic nitrogens is 1. The maximum absolute atomic E-state index is 10.6. The highest BCUT2D eigenvalue weighted by Crippen LogP contribution is 2.09. The molecule has 1 aromatic heterocycles. The van der Waals surface area contributed by atoms with Crippen LogP contribution in [0.3, 0.4) is 0 Å². The van der Waals surface area contributed by atoms with Crippen molar-refractivity contribution in [3.05, 3.63) is 17.8 Å². The molecule has 5 nitrogen and oxygen atoms in total. The zero-order valence-corrected chi connectivity index (χ0v) is 7.04. The van der Waals surface area contributed by atoms with Gasteiger partial charge in [0.05, 0.1) is 0 Å². The summed E-state index contributed by atoms with van der Waals surface area (Å²) >= 11 is -2.14. The average molecular weight is 189 g/mol. The molecule has 1 rings (SSSR count). The van der Waals surface area contributed by atoms with Gasteiger partial charge in [0.1, 0.15) is 10.7 Å². The van der Waals surface area contributed by atoms with Gasteiger partial charge in [-0.15, -0.1) is 0 Å². The lowest BCUT2D eigenvalue weighted by Gasteiger charge is -1.99. The van der Waals surface area contributed by atoms with Crippen LogP contribution in [0.15, 0.2) is 17.2 Å². The Labute approximate surface area is 70.9 Å². The summed E-state index contributed by atoms with van der Waals surface area (Å²) < 4.78 is 20.4. The monoisotopic (exact) mass is 189 g/mol. The zero-order valence-electron chi connectivity index (χ0n) is 6.22. The van der Waals surface area contributed by atoms with E-state index in [1.54, 1.807) is 0 Å². The predicted octanol–water partition coefficient (Wildman–Crippen LogP) is 0.304. The van der Waals surface area contributed by atoms with Crippen molar-refractivity contribution in [1.29, 1.82) is 0 Å². The van der Waals surface area contributed by atoms with Gasteiger partial charge in [0.2, 0.25) is 11.1 Å². The third-order valence-electron chi connectivity index (χ3n) is 1.47. The van der Waals surface area contributed by atoms with Gasteiger partial charge in [0, 0.05) is 7.05 Å². The summed E-state index contributed by atoms with van der Waals surface area (Å²) in [5.74, 6) is -1.12. The smallest absolute Gasteiger partial charge is 0.352 e. The molecule has 1 unspecified atom stereocenters. The van der Waals surface area contributed by atoms with Crippen molar-refractivity contribution in [2.24, 2.45) is 7.05 Å². The van der Waals surface area contributed by atoms with Crippen molar-refractivity contribution >= 4 is 17.0 Å². The van der Waals surface area contributed by atoms with Gasteiger partial charge in [0.15, 0.2) is 0 Å². The second kappa shape index (κ2) is 3.08. The van der Waals surface area contributed by atoms with Gasteiger partial charge in [-0.05, 0) is 12.1 Å². The normalized spacial score (nSPS) is 12.8. The summed E-state index contributed by atoms with van der Waals surface area (Å²) in [6.07, 6.45) is 0. The molecule has 0 spiro atoms. The van der Waals surface area contributed by atoms with Crippen molar-refractivity contribution in [3.8, 4) is 0 Å². The Kier molecular flexibility index (Phi) is 2.30. The number of hydrogen-bond acceptors (Lipinski definition) is 2. The molecule has 0 fully saturated rings. The zero-order chi connectivity index (χ0) is 9.30. The summed E-state index contributed by atoms with van der Waals surface area (Å²) in [4.78, 5) is 10.5. The maximum Gasteiger partial charge on any atom is 0.352 e. The van der Waals surface area contributed by atoms with E-state index >= 15 is 0 Å². The minimum Gasteiger partial charge on any atom is -0.477 e. The van der Waals surface area contributed by atoms with Gasteiger partial charge in [-0.3, -0.25) is 0 Å². The molecule has 12 heavy (non-hydrogen) atoms. The Bertz CT molecular complexity index is 312. The van der Waals surface area contributed by atoms with E-state index in [-0.39, 0.29) is 10.7 Å². The summed E-state index contributed by atoms with van der Waals surface area (Å²) in [7, 11) is 1.42. The molecule has 0 aliphatic rings. The van der Waals surface area contributed by atoms with Crippen molar-refractivity contribution in [2.75, 3.05) is 0 Å². The highest BCUT2D eigenvalue weighted by molar-refractivity contribution is 7.79. The molecule has 1 atom stereocenters. The third kappa shape index (κ3) is 1.39. The van der Waals surface area contributed by atoms with Crippen molar-refractivity contribution < 1.29 is 18.7 Å². The van der Waals surface area contributed by atoms with Crippen molar-refractivity contribution in [2.45, 2.75) is 5.03 Å². The molecule has 0 bridgehead atoms. The first-order valence-corrected chi connectivity index (χ1v) is 4.14. The standard InChI is InChI=1S/C6H7NO4S/c1-7-4(6(8)9)2-3-5(7)12(10)11/h2-3H,1H3,(H,8,9)(H,10,11). The van der Waals surface area contributed by atoms with E-state index in [2.05, 4.69) is 0 Å². The summed E-state index contributed by atoms with van der Waals surface area (Å²) in [6, 6.07) is 2.59. The number of aromatic carboxylic acids is 1. The summed E-state index contributed by atoms with van der Waals surface area (Å²) in [5, 5.41) is 8.64. The Morgan fingerprint density at radius 2 is 2.17 bits per heavy atom. The van der Waals surface area contributed by atoms with Gasteiger partial charge < -0.3 is 14.2 Å². The second-order valence-corrected chi connectivity index (χ2v) is 3.09. The van der Waals surface area contributed by atoms with Crippen molar-refractivity contribution in [3.63, 3.8) is 0 Å². The maximum atomic E-state index is 10.6. The Hall–Kier alpha value is -1.14. The van der Waals surface area contributed by atoms with Gasteiger partial charge in [-0.2, -0.15) is 0 Å². The van der Waals surface area contributed by atoms with Crippen LogP contribution in [0.1, 0.15) is 10.5 Å². The number of carbonyl (C=O) groups is 1. The highest BCUT2D eigenvalue weighted by Gasteiger charge is 2.13. The summed E-state index contributed by atoms with van der Waals surface area (Å²) in [6.45, 7) is 0. The fraction of sp³-hybridized carbons (Fsp3) is 0.167. The van der Waals surface area contributed by atoms with Crippen LogP contribution in [-0.2, 0) is 18.1 Å². The highest BCUT2D eigenvalue weighted by atomic mass is 32.2. The molecule has 0 aromatic carbocycles. The predicted molar refractivity (Wildman–Crippen MR) is 41.4 cm³/mol. The topological polar surface area (TPSA) is 79.5 Å². The van der Waals surface area contributed by atoms with E-state index < -0.39 is 17.0 Å². The molecule has 0 radical (unpaired) electrons. The van der Waals surface area contributed by atoms with E-state index in [4.69, 9.17) is 9.66 Å². The van der Waals surface area contributed by atoms with E-state index in [1.165, 1.54) is 23.7 Å². The van der Waals surface area contributed by atoms with Gasteiger partial charge in [-0.1, -0.05) is 0 Å². The summed E-state index contributed by atoms with van der Waals surface area (Å²) in [5.41, 5.74) is -0.00704. The third-order valence-corrected chi connectivity index (χ3v) is 2.24. The number of carboxylic acids is 1. The second-order valence-electron chi connectivity index (χ2n) is 2.17. The van der Waals surface area contributed by atoms with Gasteiger partial charge in [-0.25, -0.2) is 9.00 Å². The van der Waals surface area contributed by atoms with E-state index in [0.29, 0.717) is 0 Å². The molecule has 0 amide bonds. The Balaban J connectivity index is 3.22. The molecule has 0 aliphatic heterocycles. The van der Waals surface area contributed by atoms with Crippen molar-refractivity contribution in [1.82, 2.24) is 4.57 Å². The molecule has 66 valence electrons. The molecular formula is C6H7NO4S. The molecule has 0 saturated heterocycles. The Morgan fingerprint density at radius 1 is 1.58 bits per heavy atom. The fourth-order valence-electron chi connectivity index (χ4n) is 0.883. The van der Waals surface area contributed by atoms with Crippen LogP contribution in [0.2, 0.25) is 0 Å². The number of nitrogens with zero attached hydrogens (tertiary/aromatic N) is 1. The van der Waals surface area contributed by atoms with Crippen LogP contribution in [0.4, 0.5) is 0 Å². The first-order valence-electron chi connectivity index (χ1n) is 3.04. The van der Waals surface area contributed by atoms with E-state index in [1.807, 2.05) is 0 Å².